The molecule has 0 saturated heterocycles. The minimum Gasteiger partial charge on any atom is -0.438 e. The van der Waals surface area contributed by atoms with Crippen LogP contribution in [0.25, 0.3) is 0 Å². The van der Waals surface area contributed by atoms with Gasteiger partial charge in [0.15, 0.2) is 0 Å². The van der Waals surface area contributed by atoms with Gasteiger partial charge in [-0.2, -0.15) is 4.98 Å². The zero-order valence-electron chi connectivity index (χ0n) is 11.1. The molecule has 0 unspecified atom stereocenters. The number of aryl methyl sites for hydroxylation is 1. The summed E-state index contributed by atoms with van der Waals surface area (Å²) in [5, 5.41) is 0. The summed E-state index contributed by atoms with van der Waals surface area (Å²) in [4.78, 5) is 8.39. The number of aromatic nitrogens is 2. The molecule has 0 aliphatic rings. The van der Waals surface area contributed by atoms with Gasteiger partial charge in [-0.1, -0.05) is 19.9 Å². The van der Waals surface area contributed by atoms with E-state index in [2.05, 4.69) is 9.97 Å². The number of halogens is 1. The summed E-state index contributed by atoms with van der Waals surface area (Å²) in [5.74, 6) is 1.47. The highest BCUT2D eigenvalue weighted by molar-refractivity contribution is 5.39. The Balaban J connectivity index is 2.35. The van der Waals surface area contributed by atoms with Gasteiger partial charge in [-0.3, -0.25) is 0 Å². The second kappa shape index (κ2) is 5.22. The molecule has 0 spiro atoms. The van der Waals surface area contributed by atoms with Crippen LogP contribution in [0, 0.1) is 12.7 Å². The van der Waals surface area contributed by atoms with Crippen molar-refractivity contribution < 1.29 is 9.13 Å². The molecular weight excluding hydrogens is 245 g/mol. The van der Waals surface area contributed by atoms with Gasteiger partial charge >= 0.3 is 0 Å². The number of hydrogen-bond acceptors (Lipinski definition) is 4. The smallest absolute Gasteiger partial charge is 0.224 e. The second-order valence-corrected chi connectivity index (χ2v) is 4.66. The van der Waals surface area contributed by atoms with Gasteiger partial charge in [0, 0.05) is 18.1 Å². The van der Waals surface area contributed by atoms with Crippen LogP contribution in [0.4, 0.5) is 10.2 Å². The van der Waals surface area contributed by atoms with E-state index in [0.717, 1.165) is 5.56 Å². The van der Waals surface area contributed by atoms with E-state index in [9.17, 15) is 4.39 Å². The van der Waals surface area contributed by atoms with E-state index in [1.54, 1.807) is 6.07 Å². The van der Waals surface area contributed by atoms with E-state index in [1.807, 2.05) is 20.8 Å². The Kier molecular flexibility index (Phi) is 3.64. The first-order valence-electron chi connectivity index (χ1n) is 6.04. The quantitative estimate of drug-likeness (QED) is 0.919. The Hall–Kier alpha value is -2.17. The summed E-state index contributed by atoms with van der Waals surface area (Å²) in [6.45, 7) is 5.76. The van der Waals surface area contributed by atoms with Gasteiger partial charge in [0.2, 0.25) is 5.88 Å². The fraction of sp³-hybridized carbons (Fsp3) is 0.286. The van der Waals surface area contributed by atoms with Gasteiger partial charge in [-0.25, -0.2) is 9.37 Å². The van der Waals surface area contributed by atoms with Crippen molar-refractivity contribution >= 4 is 5.82 Å². The van der Waals surface area contributed by atoms with Crippen molar-refractivity contribution in [2.45, 2.75) is 26.7 Å². The van der Waals surface area contributed by atoms with Crippen molar-refractivity contribution in [3.63, 3.8) is 0 Å². The zero-order chi connectivity index (χ0) is 14.0. The lowest BCUT2D eigenvalue weighted by Gasteiger charge is -2.11. The van der Waals surface area contributed by atoms with E-state index in [1.165, 1.54) is 18.2 Å². The molecule has 0 amide bonds. The maximum Gasteiger partial charge on any atom is 0.224 e. The van der Waals surface area contributed by atoms with Gasteiger partial charge in [-0.05, 0) is 18.6 Å². The summed E-state index contributed by atoms with van der Waals surface area (Å²) in [5.41, 5.74) is 6.54. The molecule has 0 aliphatic carbocycles. The Labute approximate surface area is 111 Å². The normalized spacial score (nSPS) is 10.8. The third kappa shape index (κ3) is 3.19. The number of nitrogens with two attached hydrogens (primary N) is 1. The molecule has 0 atom stereocenters. The molecule has 0 saturated carbocycles. The number of rotatable bonds is 3. The fourth-order valence-electron chi connectivity index (χ4n) is 1.57. The third-order valence-electron chi connectivity index (χ3n) is 2.62. The van der Waals surface area contributed by atoms with Crippen LogP contribution in [0.15, 0.2) is 24.3 Å². The van der Waals surface area contributed by atoms with Gasteiger partial charge in [0.05, 0.1) is 0 Å². The molecule has 2 aromatic rings. The molecular formula is C14H16FN3O. The average molecular weight is 261 g/mol. The van der Waals surface area contributed by atoms with Crippen LogP contribution in [-0.4, -0.2) is 9.97 Å². The van der Waals surface area contributed by atoms with E-state index in [4.69, 9.17) is 10.5 Å². The maximum absolute atomic E-state index is 13.2. The lowest BCUT2D eigenvalue weighted by molar-refractivity contribution is 0.449. The zero-order valence-corrected chi connectivity index (χ0v) is 11.1. The summed E-state index contributed by atoms with van der Waals surface area (Å²) in [7, 11) is 0. The van der Waals surface area contributed by atoms with E-state index < -0.39 is 0 Å². The molecule has 0 radical (unpaired) electrons. The van der Waals surface area contributed by atoms with Crippen LogP contribution in [0.1, 0.15) is 31.2 Å². The predicted molar refractivity (Wildman–Crippen MR) is 71.7 cm³/mol. The molecule has 100 valence electrons. The van der Waals surface area contributed by atoms with Crippen LogP contribution in [0.2, 0.25) is 0 Å². The Bertz CT molecular complexity index is 599. The minimum absolute atomic E-state index is 0.138. The molecule has 5 heteroatoms. The molecule has 4 nitrogen and oxygen atoms in total. The third-order valence-corrected chi connectivity index (χ3v) is 2.62. The first kappa shape index (κ1) is 13.3. The SMILES string of the molecule is Cc1ccc(F)cc1Oc1cc(N)nc(C(C)C)n1. The van der Waals surface area contributed by atoms with E-state index in [0.29, 0.717) is 23.3 Å². The summed E-state index contributed by atoms with van der Waals surface area (Å²) in [6.07, 6.45) is 0. The molecule has 0 fully saturated rings. The second-order valence-electron chi connectivity index (χ2n) is 4.66. The number of nitrogen functional groups attached to an aromatic ring is 1. The largest absolute Gasteiger partial charge is 0.438 e. The van der Waals surface area contributed by atoms with Crippen molar-refractivity contribution in [3.05, 3.63) is 41.5 Å². The highest BCUT2D eigenvalue weighted by atomic mass is 19.1. The highest BCUT2D eigenvalue weighted by Crippen LogP contribution is 2.26. The first-order chi connectivity index (χ1) is 8.95. The van der Waals surface area contributed by atoms with Crippen LogP contribution >= 0.6 is 0 Å². The van der Waals surface area contributed by atoms with Crippen LogP contribution in [-0.2, 0) is 0 Å². The van der Waals surface area contributed by atoms with Crippen molar-refractivity contribution in [2.75, 3.05) is 5.73 Å². The molecule has 1 aromatic heterocycles. The summed E-state index contributed by atoms with van der Waals surface area (Å²) >= 11 is 0. The number of benzene rings is 1. The number of nitrogens with zero attached hydrogens (tertiary/aromatic N) is 2. The van der Waals surface area contributed by atoms with Crippen molar-refractivity contribution in [2.24, 2.45) is 0 Å². The molecule has 19 heavy (non-hydrogen) atoms. The van der Waals surface area contributed by atoms with E-state index >= 15 is 0 Å². The maximum atomic E-state index is 13.2. The van der Waals surface area contributed by atoms with Crippen LogP contribution in [0.3, 0.4) is 0 Å². The minimum atomic E-state index is -0.355. The van der Waals surface area contributed by atoms with E-state index in [-0.39, 0.29) is 11.7 Å². The topological polar surface area (TPSA) is 61.0 Å². The fourth-order valence-corrected chi connectivity index (χ4v) is 1.57. The number of anilines is 1. The average Bonchev–Trinajstić information content (AvgIpc) is 2.33. The van der Waals surface area contributed by atoms with Crippen molar-refractivity contribution in [3.8, 4) is 11.6 Å². The predicted octanol–water partition coefficient (Wildman–Crippen LogP) is 3.42. The number of hydrogen-bond donors (Lipinski definition) is 1. The lowest BCUT2D eigenvalue weighted by atomic mass is 10.2. The summed E-state index contributed by atoms with van der Waals surface area (Å²) in [6, 6.07) is 5.88. The Morgan fingerprint density at radius 3 is 2.63 bits per heavy atom. The highest BCUT2D eigenvalue weighted by Gasteiger charge is 2.09. The molecule has 0 bridgehead atoms. The molecule has 1 aromatic carbocycles. The van der Waals surface area contributed by atoms with Crippen LogP contribution in [0.5, 0.6) is 11.6 Å². The van der Waals surface area contributed by atoms with Crippen LogP contribution < -0.4 is 10.5 Å². The van der Waals surface area contributed by atoms with Crippen molar-refractivity contribution in [1.29, 1.82) is 0 Å². The lowest BCUT2D eigenvalue weighted by Crippen LogP contribution is -2.03. The Morgan fingerprint density at radius 2 is 1.95 bits per heavy atom. The van der Waals surface area contributed by atoms with Gasteiger partial charge in [-0.15, -0.1) is 0 Å². The molecule has 2 rings (SSSR count). The first-order valence-corrected chi connectivity index (χ1v) is 6.04. The Morgan fingerprint density at radius 1 is 1.21 bits per heavy atom. The standard InChI is InChI=1S/C14H16FN3O/c1-8(2)14-17-12(16)7-13(18-14)19-11-6-10(15)5-4-9(11)3/h4-8H,1-3H3,(H2,16,17,18). The van der Waals surface area contributed by atoms with Gasteiger partial charge in [0.25, 0.3) is 0 Å². The molecule has 0 aliphatic heterocycles. The van der Waals surface area contributed by atoms with Gasteiger partial charge < -0.3 is 10.5 Å². The molecule has 1 heterocycles. The summed E-state index contributed by atoms with van der Waals surface area (Å²) < 4.78 is 18.8. The monoisotopic (exact) mass is 261 g/mol. The van der Waals surface area contributed by atoms with Gasteiger partial charge in [0.1, 0.15) is 23.2 Å². The van der Waals surface area contributed by atoms with Crippen molar-refractivity contribution in [1.82, 2.24) is 9.97 Å². The number of ether oxygens (including phenoxy) is 1. The molecule has 2 N–H and O–H groups in total.